The molecule has 7 nitrogen and oxygen atoms in total. The van der Waals surface area contributed by atoms with E-state index in [0.29, 0.717) is 22.9 Å². The van der Waals surface area contributed by atoms with Gasteiger partial charge in [0.1, 0.15) is 5.82 Å². The lowest BCUT2D eigenvalue weighted by atomic mass is 9.80. The molecule has 0 bridgehead atoms. The lowest BCUT2D eigenvalue weighted by Gasteiger charge is -2.26. The van der Waals surface area contributed by atoms with Gasteiger partial charge >= 0.3 is 5.76 Å². The average molecular weight is 446 g/mol. The summed E-state index contributed by atoms with van der Waals surface area (Å²) >= 11 is 0. The van der Waals surface area contributed by atoms with Crippen molar-refractivity contribution in [2.75, 3.05) is 10.6 Å². The molecule has 7 heteroatoms. The van der Waals surface area contributed by atoms with Crippen LogP contribution in [-0.4, -0.2) is 15.0 Å². The summed E-state index contributed by atoms with van der Waals surface area (Å²) in [6, 6.07) is 12.0. The average Bonchev–Trinajstić information content (AvgIpc) is 3.08. The number of nitrogens with one attached hydrogen (secondary N) is 3. The van der Waals surface area contributed by atoms with Crippen molar-refractivity contribution in [2.24, 2.45) is 0 Å². The molecule has 2 heterocycles. The molecule has 0 saturated heterocycles. The van der Waals surface area contributed by atoms with Crippen LogP contribution in [0.15, 0.2) is 51.8 Å². The number of aromatic amines is 1. The molecule has 0 unspecified atom stereocenters. The standard InChI is InChI=1S/C26H31N5O2/c1-15-14-27-23(29-19-11-16(25(2,3)4)10-17(12-19)26(5,6)7)31-22(15)28-18-8-9-21-20(13-18)30-24(32)33-21/h8-14H,1-7H3,(H,30,32)(H2,27,28,29,31). The van der Waals surface area contributed by atoms with Crippen LogP contribution in [0.1, 0.15) is 58.2 Å². The maximum absolute atomic E-state index is 11.4. The van der Waals surface area contributed by atoms with Gasteiger partial charge in [-0.15, -0.1) is 0 Å². The second-order valence-electron chi connectivity index (χ2n) is 10.5. The molecule has 172 valence electrons. The summed E-state index contributed by atoms with van der Waals surface area (Å²) in [5.74, 6) is 0.714. The van der Waals surface area contributed by atoms with Crippen molar-refractivity contribution in [1.82, 2.24) is 15.0 Å². The highest BCUT2D eigenvalue weighted by Crippen LogP contribution is 2.33. The van der Waals surface area contributed by atoms with Gasteiger partial charge in [0, 0.05) is 23.1 Å². The van der Waals surface area contributed by atoms with Crippen LogP contribution in [0.2, 0.25) is 0 Å². The lowest BCUT2D eigenvalue weighted by Crippen LogP contribution is -2.17. The second-order valence-corrected chi connectivity index (χ2v) is 10.5. The van der Waals surface area contributed by atoms with Gasteiger partial charge in [-0.05, 0) is 59.2 Å². The molecule has 0 spiro atoms. The number of hydrogen-bond acceptors (Lipinski definition) is 6. The highest BCUT2D eigenvalue weighted by atomic mass is 16.4. The van der Waals surface area contributed by atoms with E-state index >= 15 is 0 Å². The summed E-state index contributed by atoms with van der Waals surface area (Å²) in [6.07, 6.45) is 1.79. The number of aromatic nitrogens is 3. The van der Waals surface area contributed by atoms with Crippen molar-refractivity contribution in [2.45, 2.75) is 59.3 Å². The molecule has 2 aromatic heterocycles. The Labute approximate surface area is 193 Å². The number of fused-ring (bicyclic) bond motifs is 1. The zero-order chi connectivity index (χ0) is 24.0. The fourth-order valence-electron chi connectivity index (χ4n) is 3.49. The maximum atomic E-state index is 11.4. The lowest BCUT2D eigenvalue weighted by molar-refractivity contribution is 0.555. The summed E-state index contributed by atoms with van der Waals surface area (Å²) in [7, 11) is 0. The number of anilines is 4. The summed E-state index contributed by atoms with van der Waals surface area (Å²) in [6.45, 7) is 15.2. The first-order valence-electron chi connectivity index (χ1n) is 11.1. The van der Waals surface area contributed by atoms with E-state index < -0.39 is 5.76 Å². The third-order valence-electron chi connectivity index (χ3n) is 5.57. The van der Waals surface area contributed by atoms with Gasteiger partial charge in [0.15, 0.2) is 5.58 Å². The van der Waals surface area contributed by atoms with Gasteiger partial charge < -0.3 is 15.1 Å². The molecule has 0 aliphatic heterocycles. The van der Waals surface area contributed by atoms with Gasteiger partial charge in [-0.3, -0.25) is 4.98 Å². The number of hydrogen-bond donors (Lipinski definition) is 3. The minimum Gasteiger partial charge on any atom is -0.408 e. The Kier molecular flexibility index (Phi) is 5.52. The molecular formula is C26H31N5O2. The first-order chi connectivity index (χ1) is 15.4. The Bertz CT molecular complexity index is 1340. The van der Waals surface area contributed by atoms with Crippen LogP contribution in [0.4, 0.5) is 23.1 Å². The first-order valence-corrected chi connectivity index (χ1v) is 11.1. The van der Waals surface area contributed by atoms with Crippen LogP contribution in [-0.2, 0) is 10.8 Å². The van der Waals surface area contributed by atoms with Crippen LogP contribution < -0.4 is 16.4 Å². The molecule has 33 heavy (non-hydrogen) atoms. The zero-order valence-electron chi connectivity index (χ0n) is 20.3. The Morgan fingerprint density at radius 3 is 2.18 bits per heavy atom. The molecule has 2 aromatic carbocycles. The Hall–Kier alpha value is -3.61. The molecule has 4 aromatic rings. The second kappa shape index (κ2) is 8.06. The predicted molar refractivity (Wildman–Crippen MR) is 134 cm³/mol. The topological polar surface area (TPSA) is 95.8 Å². The number of oxazole rings is 1. The van der Waals surface area contributed by atoms with Gasteiger partial charge in [0.05, 0.1) is 5.52 Å². The quantitative estimate of drug-likeness (QED) is 0.341. The molecular weight excluding hydrogens is 414 g/mol. The number of nitrogens with zero attached hydrogens (tertiary/aromatic N) is 2. The number of benzene rings is 2. The Morgan fingerprint density at radius 2 is 1.55 bits per heavy atom. The maximum Gasteiger partial charge on any atom is 0.417 e. The summed E-state index contributed by atoms with van der Waals surface area (Å²) in [4.78, 5) is 23.3. The number of H-pyrrole nitrogens is 1. The fourth-order valence-corrected chi connectivity index (χ4v) is 3.49. The van der Waals surface area contributed by atoms with E-state index in [-0.39, 0.29) is 10.8 Å². The number of aryl methyl sites for hydroxylation is 1. The van der Waals surface area contributed by atoms with Crippen LogP contribution in [0.25, 0.3) is 11.1 Å². The predicted octanol–water partition coefficient (Wildman–Crippen LogP) is 6.30. The van der Waals surface area contributed by atoms with Crippen molar-refractivity contribution in [1.29, 1.82) is 0 Å². The van der Waals surface area contributed by atoms with E-state index in [1.807, 2.05) is 19.1 Å². The van der Waals surface area contributed by atoms with E-state index in [9.17, 15) is 4.79 Å². The zero-order valence-corrected chi connectivity index (χ0v) is 20.3. The third kappa shape index (κ3) is 5.08. The molecule has 0 fully saturated rings. The van der Waals surface area contributed by atoms with E-state index in [4.69, 9.17) is 9.40 Å². The molecule has 4 rings (SSSR count). The van der Waals surface area contributed by atoms with Crippen LogP contribution in [0, 0.1) is 6.92 Å². The van der Waals surface area contributed by atoms with Crippen molar-refractivity contribution in [3.63, 3.8) is 0 Å². The summed E-state index contributed by atoms with van der Waals surface area (Å²) in [5, 5.41) is 6.71. The van der Waals surface area contributed by atoms with Crippen molar-refractivity contribution >= 4 is 34.2 Å². The Balaban J connectivity index is 1.65. The Morgan fingerprint density at radius 1 is 0.879 bits per heavy atom. The molecule has 0 saturated carbocycles. The third-order valence-corrected chi connectivity index (χ3v) is 5.57. The largest absolute Gasteiger partial charge is 0.417 e. The van der Waals surface area contributed by atoms with Crippen LogP contribution in [0.3, 0.4) is 0 Å². The molecule has 0 radical (unpaired) electrons. The van der Waals surface area contributed by atoms with Gasteiger partial charge in [0.2, 0.25) is 5.95 Å². The van der Waals surface area contributed by atoms with Crippen molar-refractivity contribution in [3.05, 3.63) is 69.8 Å². The monoisotopic (exact) mass is 445 g/mol. The van der Waals surface area contributed by atoms with Gasteiger partial charge in [0.25, 0.3) is 0 Å². The SMILES string of the molecule is Cc1cnc(Nc2cc(C(C)(C)C)cc(C(C)(C)C)c2)nc1Nc1ccc2oc(=O)[nH]c2c1. The molecule has 0 amide bonds. The summed E-state index contributed by atoms with van der Waals surface area (Å²) < 4.78 is 5.07. The summed E-state index contributed by atoms with van der Waals surface area (Å²) in [5.41, 5.74) is 6.34. The van der Waals surface area contributed by atoms with E-state index in [1.54, 1.807) is 12.3 Å². The molecule has 0 aliphatic rings. The number of rotatable bonds is 4. The minimum absolute atomic E-state index is 0.0191. The fraction of sp³-hybridized carbons (Fsp3) is 0.346. The van der Waals surface area contributed by atoms with Gasteiger partial charge in [-0.1, -0.05) is 47.6 Å². The van der Waals surface area contributed by atoms with Crippen LogP contribution in [0.5, 0.6) is 0 Å². The van der Waals surface area contributed by atoms with Gasteiger partial charge in [-0.2, -0.15) is 4.98 Å². The molecule has 0 aliphatic carbocycles. The highest BCUT2D eigenvalue weighted by molar-refractivity contribution is 5.78. The van der Waals surface area contributed by atoms with E-state index in [2.05, 4.69) is 80.3 Å². The van der Waals surface area contributed by atoms with Crippen molar-refractivity contribution < 1.29 is 4.42 Å². The van der Waals surface area contributed by atoms with E-state index in [1.165, 1.54) is 11.1 Å². The van der Waals surface area contributed by atoms with Gasteiger partial charge in [-0.25, -0.2) is 9.78 Å². The first kappa shape index (κ1) is 22.6. The smallest absolute Gasteiger partial charge is 0.408 e. The molecule has 0 atom stereocenters. The van der Waals surface area contributed by atoms with Crippen LogP contribution >= 0.6 is 0 Å². The molecule has 3 N–H and O–H groups in total. The van der Waals surface area contributed by atoms with Crippen molar-refractivity contribution in [3.8, 4) is 0 Å². The van der Waals surface area contributed by atoms with E-state index in [0.717, 1.165) is 16.9 Å². The normalized spacial score (nSPS) is 12.2. The minimum atomic E-state index is -0.473. The highest BCUT2D eigenvalue weighted by Gasteiger charge is 2.21.